The lowest BCUT2D eigenvalue weighted by Crippen LogP contribution is -2.42. The van der Waals surface area contributed by atoms with Gasteiger partial charge < -0.3 is 4.90 Å². The van der Waals surface area contributed by atoms with Crippen LogP contribution in [-0.4, -0.2) is 56.1 Å². The van der Waals surface area contributed by atoms with Crippen molar-refractivity contribution in [3.8, 4) is 0 Å². The van der Waals surface area contributed by atoms with Crippen molar-refractivity contribution in [1.29, 1.82) is 0 Å². The summed E-state index contributed by atoms with van der Waals surface area (Å²) in [7, 11) is -1.36. The Morgan fingerprint density at radius 1 is 1.25 bits per heavy atom. The quantitative estimate of drug-likeness (QED) is 0.755. The maximum atomic E-state index is 13.7. The van der Waals surface area contributed by atoms with Gasteiger partial charge in [-0.15, -0.1) is 0 Å². The fourth-order valence-electron chi connectivity index (χ4n) is 3.57. The Bertz CT molecular complexity index is 661. The van der Waals surface area contributed by atoms with Crippen LogP contribution in [0.5, 0.6) is 0 Å². The van der Waals surface area contributed by atoms with Gasteiger partial charge >= 0.3 is 0 Å². The molecule has 1 atom stereocenters. The molecule has 134 valence electrons. The molecule has 0 radical (unpaired) electrons. The lowest BCUT2D eigenvalue weighted by molar-refractivity contribution is 0.163. The van der Waals surface area contributed by atoms with Crippen molar-refractivity contribution in [2.45, 2.75) is 37.4 Å². The summed E-state index contributed by atoms with van der Waals surface area (Å²) in [6, 6.07) is 6.93. The van der Waals surface area contributed by atoms with Crippen LogP contribution in [0.15, 0.2) is 24.3 Å². The minimum atomic E-state index is -3.08. The van der Waals surface area contributed by atoms with Crippen LogP contribution in [-0.2, 0) is 16.4 Å². The average Bonchev–Trinajstić information content (AvgIpc) is 3.40. The van der Waals surface area contributed by atoms with E-state index in [0.717, 1.165) is 50.9 Å². The van der Waals surface area contributed by atoms with Crippen molar-refractivity contribution < 1.29 is 12.8 Å². The number of likely N-dealkylation sites (tertiary alicyclic amines) is 1. The molecular formula is C18H27FN2O2S. The fraction of sp³-hybridized carbons (Fsp3) is 0.667. The second-order valence-electron chi connectivity index (χ2n) is 7.18. The number of hydrogen-bond donors (Lipinski definition) is 0. The molecule has 0 bridgehead atoms. The van der Waals surface area contributed by atoms with E-state index in [1.807, 2.05) is 12.1 Å². The Balaban J connectivity index is 1.50. The van der Waals surface area contributed by atoms with Gasteiger partial charge in [-0.05, 0) is 56.2 Å². The van der Waals surface area contributed by atoms with Gasteiger partial charge in [0.05, 0.1) is 5.25 Å². The Morgan fingerprint density at radius 2 is 2.00 bits per heavy atom. The van der Waals surface area contributed by atoms with Crippen LogP contribution in [0.25, 0.3) is 0 Å². The monoisotopic (exact) mass is 354 g/mol. The number of hydrogen-bond acceptors (Lipinski definition) is 3. The van der Waals surface area contributed by atoms with Gasteiger partial charge in [0.1, 0.15) is 5.82 Å². The Labute approximate surface area is 144 Å². The van der Waals surface area contributed by atoms with Crippen molar-refractivity contribution in [2.75, 3.05) is 33.2 Å². The number of sulfonamides is 1. The van der Waals surface area contributed by atoms with Crippen molar-refractivity contribution in [3.63, 3.8) is 0 Å². The number of benzene rings is 1. The van der Waals surface area contributed by atoms with Crippen molar-refractivity contribution in [2.24, 2.45) is 5.92 Å². The molecule has 2 aliphatic rings. The molecule has 6 heteroatoms. The summed E-state index contributed by atoms with van der Waals surface area (Å²) < 4.78 is 39.8. The van der Waals surface area contributed by atoms with E-state index >= 15 is 0 Å². The summed E-state index contributed by atoms with van der Waals surface area (Å²) in [6.07, 6.45) is 4.48. The van der Waals surface area contributed by atoms with Crippen molar-refractivity contribution >= 4 is 10.0 Å². The standard InChI is InChI=1S/C18H27FN2O2S/c1-20(24(22,23)17-8-9-17)13-15-5-4-11-21(14-15)12-10-16-6-2-3-7-18(16)19/h2-3,6-7,15,17H,4-5,8-14H2,1H3/t15-/m1/s1. The molecule has 24 heavy (non-hydrogen) atoms. The van der Waals surface area contributed by atoms with Crippen LogP contribution in [0, 0.1) is 11.7 Å². The molecule has 1 aliphatic carbocycles. The molecule has 0 aromatic heterocycles. The zero-order valence-electron chi connectivity index (χ0n) is 14.3. The van der Waals surface area contributed by atoms with Gasteiger partial charge in [-0.25, -0.2) is 17.1 Å². The largest absolute Gasteiger partial charge is 0.303 e. The number of nitrogens with zero attached hydrogens (tertiary/aromatic N) is 2. The molecule has 1 saturated carbocycles. The number of rotatable bonds is 7. The summed E-state index contributed by atoms with van der Waals surface area (Å²) in [5.74, 6) is 0.235. The topological polar surface area (TPSA) is 40.6 Å². The second-order valence-corrected chi connectivity index (χ2v) is 9.50. The summed E-state index contributed by atoms with van der Waals surface area (Å²) in [6.45, 7) is 3.36. The van der Waals surface area contributed by atoms with Gasteiger partial charge in [0.15, 0.2) is 0 Å². The number of piperidine rings is 1. The SMILES string of the molecule is CN(C[C@H]1CCCN(CCc2ccccc2F)C1)S(=O)(=O)C1CC1. The second kappa shape index (κ2) is 7.50. The first-order valence-corrected chi connectivity index (χ1v) is 10.4. The van der Waals surface area contributed by atoms with E-state index in [2.05, 4.69) is 4.90 Å². The Kier molecular flexibility index (Phi) is 5.57. The molecule has 4 nitrogen and oxygen atoms in total. The van der Waals surface area contributed by atoms with Crippen LogP contribution in [0.4, 0.5) is 4.39 Å². The first-order valence-electron chi connectivity index (χ1n) is 8.87. The molecule has 2 fully saturated rings. The smallest absolute Gasteiger partial charge is 0.216 e. The van der Waals surface area contributed by atoms with E-state index < -0.39 is 10.0 Å². The van der Waals surface area contributed by atoms with Crippen LogP contribution in [0.3, 0.4) is 0 Å². The highest BCUT2D eigenvalue weighted by molar-refractivity contribution is 7.90. The average molecular weight is 354 g/mol. The van der Waals surface area contributed by atoms with Gasteiger partial charge in [-0.1, -0.05) is 18.2 Å². The van der Waals surface area contributed by atoms with Gasteiger partial charge in [0.2, 0.25) is 10.0 Å². The molecule has 1 heterocycles. The maximum Gasteiger partial charge on any atom is 0.216 e. The molecule has 0 spiro atoms. The zero-order valence-corrected chi connectivity index (χ0v) is 15.1. The van der Waals surface area contributed by atoms with Crippen molar-refractivity contribution in [3.05, 3.63) is 35.6 Å². The predicted octanol–water partition coefficient (Wildman–Crippen LogP) is 2.50. The third-order valence-electron chi connectivity index (χ3n) is 5.15. The van der Waals surface area contributed by atoms with E-state index in [4.69, 9.17) is 0 Å². The molecule has 1 saturated heterocycles. The molecule has 0 N–H and O–H groups in total. The molecule has 1 aromatic carbocycles. The highest BCUT2D eigenvalue weighted by atomic mass is 32.2. The van der Waals surface area contributed by atoms with Gasteiger partial charge in [-0.3, -0.25) is 0 Å². The van der Waals surface area contributed by atoms with E-state index in [0.29, 0.717) is 18.9 Å². The van der Waals surface area contributed by atoms with Crippen molar-refractivity contribution in [1.82, 2.24) is 9.21 Å². The molecule has 1 aromatic rings. The van der Waals surface area contributed by atoms with E-state index in [-0.39, 0.29) is 11.1 Å². The summed E-state index contributed by atoms with van der Waals surface area (Å²) in [5.41, 5.74) is 0.757. The van der Waals surface area contributed by atoms with Crippen LogP contribution in [0.1, 0.15) is 31.2 Å². The fourth-order valence-corrected chi connectivity index (χ4v) is 5.23. The predicted molar refractivity (Wildman–Crippen MR) is 93.8 cm³/mol. The van der Waals surface area contributed by atoms with Crippen LogP contribution in [0.2, 0.25) is 0 Å². The summed E-state index contributed by atoms with van der Waals surface area (Å²) >= 11 is 0. The lowest BCUT2D eigenvalue weighted by Gasteiger charge is -2.34. The molecule has 1 aliphatic heterocycles. The summed E-state index contributed by atoms with van der Waals surface area (Å²) in [5, 5.41) is -0.136. The molecule has 0 amide bonds. The molecule has 0 unspecified atom stereocenters. The Morgan fingerprint density at radius 3 is 2.71 bits per heavy atom. The third-order valence-corrected chi connectivity index (χ3v) is 7.49. The highest BCUT2D eigenvalue weighted by Crippen LogP contribution is 2.31. The minimum Gasteiger partial charge on any atom is -0.303 e. The third kappa shape index (κ3) is 4.35. The van der Waals surface area contributed by atoms with Crippen LogP contribution < -0.4 is 0 Å². The van der Waals surface area contributed by atoms with Gasteiger partial charge in [0.25, 0.3) is 0 Å². The lowest BCUT2D eigenvalue weighted by atomic mass is 9.97. The molecular weight excluding hydrogens is 327 g/mol. The van der Waals surface area contributed by atoms with Crippen LogP contribution >= 0.6 is 0 Å². The van der Waals surface area contributed by atoms with E-state index in [1.54, 1.807) is 17.4 Å². The first kappa shape index (κ1) is 17.8. The Hall–Kier alpha value is -0.980. The minimum absolute atomic E-state index is 0.136. The van der Waals surface area contributed by atoms with E-state index in [9.17, 15) is 12.8 Å². The van der Waals surface area contributed by atoms with Gasteiger partial charge in [-0.2, -0.15) is 0 Å². The number of halogens is 1. The first-order chi connectivity index (χ1) is 11.5. The maximum absolute atomic E-state index is 13.7. The summed E-state index contributed by atoms with van der Waals surface area (Å²) in [4.78, 5) is 2.35. The van der Waals surface area contributed by atoms with Gasteiger partial charge in [0, 0.05) is 26.7 Å². The highest BCUT2D eigenvalue weighted by Gasteiger charge is 2.39. The van der Waals surface area contributed by atoms with E-state index in [1.165, 1.54) is 6.07 Å². The molecule has 3 rings (SSSR count). The normalized spacial score (nSPS) is 22.9. The zero-order chi connectivity index (χ0) is 17.2.